The molecule has 0 aliphatic heterocycles. The van der Waals surface area contributed by atoms with Gasteiger partial charge in [0.1, 0.15) is 24.1 Å². The molecule has 0 radical (unpaired) electrons. The van der Waals surface area contributed by atoms with Crippen molar-refractivity contribution in [2.45, 2.75) is 6.61 Å². The van der Waals surface area contributed by atoms with Gasteiger partial charge in [0.25, 0.3) is 0 Å². The Hall–Kier alpha value is -2.84. The van der Waals surface area contributed by atoms with Crippen LogP contribution in [0.2, 0.25) is 5.02 Å². The second-order valence-corrected chi connectivity index (χ2v) is 5.03. The Bertz CT molecular complexity index is 821. The Morgan fingerprint density at radius 1 is 1.18 bits per heavy atom. The molecular formula is C16H11ClN4O. The smallest absolute Gasteiger partial charge is 0.163 e. The summed E-state index contributed by atoms with van der Waals surface area (Å²) >= 11 is 5.84. The molecule has 1 N–H and O–H groups in total. The first kappa shape index (κ1) is 14.1. The van der Waals surface area contributed by atoms with E-state index in [4.69, 9.17) is 21.6 Å². The minimum Gasteiger partial charge on any atom is -0.489 e. The van der Waals surface area contributed by atoms with Gasteiger partial charge < -0.3 is 4.74 Å². The zero-order valence-electron chi connectivity index (χ0n) is 11.5. The van der Waals surface area contributed by atoms with Gasteiger partial charge in [0.2, 0.25) is 0 Å². The molecule has 0 atom stereocenters. The zero-order chi connectivity index (χ0) is 15.4. The molecule has 0 spiro atoms. The van der Waals surface area contributed by atoms with Crippen molar-refractivity contribution in [1.29, 1.82) is 5.26 Å². The van der Waals surface area contributed by atoms with Gasteiger partial charge in [-0.15, -0.1) is 5.10 Å². The number of aromatic amines is 1. The number of ether oxygens (including phenoxy) is 1. The third-order valence-corrected chi connectivity index (χ3v) is 3.33. The number of nitrogens with zero attached hydrogens (tertiary/aromatic N) is 3. The Kier molecular flexibility index (Phi) is 4.03. The Morgan fingerprint density at radius 3 is 2.77 bits per heavy atom. The van der Waals surface area contributed by atoms with Crippen LogP contribution in [0.4, 0.5) is 0 Å². The lowest BCUT2D eigenvalue weighted by Gasteiger charge is -2.07. The number of benzene rings is 2. The van der Waals surface area contributed by atoms with Gasteiger partial charge in [-0.3, -0.25) is 0 Å². The molecule has 6 heteroatoms. The first-order valence-electron chi connectivity index (χ1n) is 6.55. The van der Waals surface area contributed by atoms with Crippen LogP contribution < -0.4 is 4.74 Å². The molecule has 108 valence electrons. The lowest BCUT2D eigenvalue weighted by molar-refractivity contribution is 0.306. The minimum absolute atomic E-state index is 0.343. The number of halogens is 1. The fraction of sp³-hybridized carbons (Fsp3) is 0.0625. The van der Waals surface area contributed by atoms with Crippen molar-refractivity contribution in [3.05, 3.63) is 64.8 Å². The van der Waals surface area contributed by atoms with E-state index in [-0.39, 0.29) is 0 Å². The maximum atomic E-state index is 9.02. The summed E-state index contributed by atoms with van der Waals surface area (Å²) in [5.74, 6) is 0.744. The monoisotopic (exact) mass is 310 g/mol. The molecule has 3 aromatic rings. The molecule has 0 bridgehead atoms. The van der Waals surface area contributed by atoms with Crippen LogP contribution in [0.5, 0.6) is 5.75 Å². The van der Waals surface area contributed by atoms with Crippen molar-refractivity contribution in [2.75, 3.05) is 0 Å². The highest BCUT2D eigenvalue weighted by Crippen LogP contribution is 2.22. The fourth-order valence-electron chi connectivity index (χ4n) is 2.01. The van der Waals surface area contributed by atoms with Crippen LogP contribution in [0.1, 0.15) is 11.3 Å². The van der Waals surface area contributed by atoms with Crippen LogP contribution in [0.15, 0.2) is 48.5 Å². The average Bonchev–Trinajstić information content (AvgIpc) is 3.03. The molecule has 0 aliphatic carbocycles. The number of hydrogen-bond acceptors (Lipinski definition) is 4. The van der Waals surface area contributed by atoms with E-state index in [0.717, 1.165) is 16.9 Å². The second-order valence-electron chi connectivity index (χ2n) is 4.59. The molecule has 1 heterocycles. The van der Waals surface area contributed by atoms with Crippen molar-refractivity contribution in [1.82, 2.24) is 15.4 Å². The van der Waals surface area contributed by atoms with Crippen molar-refractivity contribution >= 4 is 11.6 Å². The van der Waals surface area contributed by atoms with E-state index < -0.39 is 0 Å². The van der Waals surface area contributed by atoms with E-state index in [9.17, 15) is 0 Å². The Balaban J connectivity index is 1.77. The standard InChI is InChI=1S/C16H11ClN4O/c17-13-4-6-14(7-5-13)22-10-11-2-1-3-12(8-11)16-15(9-18)19-21-20-16/h1-8H,10H2,(H,19,20,21). The van der Waals surface area contributed by atoms with E-state index in [1.807, 2.05) is 42.5 Å². The van der Waals surface area contributed by atoms with Crippen LogP contribution in [-0.4, -0.2) is 15.4 Å². The van der Waals surface area contributed by atoms with Gasteiger partial charge in [-0.25, -0.2) is 5.10 Å². The summed E-state index contributed by atoms with van der Waals surface area (Å²) in [6, 6.07) is 16.9. The maximum Gasteiger partial charge on any atom is 0.163 e. The van der Waals surface area contributed by atoms with Crippen molar-refractivity contribution in [3.63, 3.8) is 0 Å². The van der Waals surface area contributed by atoms with Gasteiger partial charge in [-0.2, -0.15) is 5.26 Å². The lowest BCUT2D eigenvalue weighted by Crippen LogP contribution is -1.95. The average molecular weight is 311 g/mol. The van der Waals surface area contributed by atoms with Gasteiger partial charge in [-0.05, 0) is 35.9 Å². The lowest BCUT2D eigenvalue weighted by atomic mass is 10.1. The first-order valence-corrected chi connectivity index (χ1v) is 6.93. The number of rotatable bonds is 4. The number of nitriles is 1. The van der Waals surface area contributed by atoms with Crippen LogP contribution in [0.25, 0.3) is 11.3 Å². The Morgan fingerprint density at radius 2 is 2.00 bits per heavy atom. The van der Waals surface area contributed by atoms with Crippen molar-refractivity contribution in [3.8, 4) is 23.1 Å². The van der Waals surface area contributed by atoms with Gasteiger partial charge in [0, 0.05) is 10.6 Å². The molecule has 2 aromatic carbocycles. The third-order valence-electron chi connectivity index (χ3n) is 3.08. The van der Waals surface area contributed by atoms with E-state index in [2.05, 4.69) is 15.4 Å². The van der Waals surface area contributed by atoms with Crippen LogP contribution >= 0.6 is 11.6 Å². The molecule has 5 nitrogen and oxygen atoms in total. The molecule has 0 aliphatic rings. The minimum atomic E-state index is 0.343. The molecule has 3 rings (SSSR count). The summed E-state index contributed by atoms with van der Waals surface area (Å²) in [6.45, 7) is 0.412. The Labute approximate surface area is 132 Å². The second kappa shape index (κ2) is 6.29. The van der Waals surface area contributed by atoms with E-state index in [0.29, 0.717) is 23.0 Å². The summed E-state index contributed by atoms with van der Waals surface area (Å²) in [4.78, 5) is 0. The van der Waals surface area contributed by atoms with Gasteiger partial charge in [-0.1, -0.05) is 35.0 Å². The topological polar surface area (TPSA) is 74.6 Å². The fourth-order valence-corrected chi connectivity index (χ4v) is 2.14. The predicted molar refractivity (Wildman–Crippen MR) is 82.3 cm³/mol. The molecular weight excluding hydrogens is 300 g/mol. The summed E-state index contributed by atoms with van der Waals surface area (Å²) in [7, 11) is 0. The van der Waals surface area contributed by atoms with Gasteiger partial charge >= 0.3 is 0 Å². The highest BCUT2D eigenvalue weighted by molar-refractivity contribution is 6.30. The van der Waals surface area contributed by atoms with E-state index in [1.54, 1.807) is 12.1 Å². The first-order chi connectivity index (χ1) is 10.8. The molecule has 0 saturated carbocycles. The molecule has 1 aromatic heterocycles. The third kappa shape index (κ3) is 3.08. The summed E-state index contributed by atoms with van der Waals surface area (Å²) < 4.78 is 5.71. The van der Waals surface area contributed by atoms with Crippen LogP contribution in [0.3, 0.4) is 0 Å². The summed E-state index contributed by atoms with van der Waals surface area (Å²) in [5, 5.41) is 19.9. The molecule has 0 saturated heterocycles. The molecule has 0 amide bonds. The molecule has 0 unspecified atom stereocenters. The number of H-pyrrole nitrogens is 1. The SMILES string of the molecule is N#Cc1[nH]nnc1-c1cccc(COc2ccc(Cl)cc2)c1. The van der Waals surface area contributed by atoms with Crippen molar-refractivity contribution < 1.29 is 4.74 Å². The quantitative estimate of drug-likeness (QED) is 0.799. The number of hydrogen-bond donors (Lipinski definition) is 1. The maximum absolute atomic E-state index is 9.02. The summed E-state index contributed by atoms with van der Waals surface area (Å²) in [6.07, 6.45) is 0. The highest BCUT2D eigenvalue weighted by Gasteiger charge is 2.09. The number of nitrogens with one attached hydrogen (secondary N) is 1. The van der Waals surface area contributed by atoms with Crippen molar-refractivity contribution in [2.24, 2.45) is 0 Å². The molecule has 0 fully saturated rings. The molecule has 22 heavy (non-hydrogen) atoms. The zero-order valence-corrected chi connectivity index (χ0v) is 12.2. The van der Waals surface area contributed by atoms with Gasteiger partial charge in [0.15, 0.2) is 5.69 Å². The van der Waals surface area contributed by atoms with Crippen LogP contribution in [-0.2, 0) is 6.61 Å². The van der Waals surface area contributed by atoms with E-state index in [1.165, 1.54) is 0 Å². The van der Waals surface area contributed by atoms with Gasteiger partial charge in [0.05, 0.1) is 0 Å². The highest BCUT2D eigenvalue weighted by atomic mass is 35.5. The normalized spacial score (nSPS) is 10.2. The van der Waals surface area contributed by atoms with E-state index >= 15 is 0 Å². The number of aromatic nitrogens is 3. The van der Waals surface area contributed by atoms with Crippen LogP contribution in [0, 0.1) is 11.3 Å². The summed E-state index contributed by atoms with van der Waals surface area (Å²) in [5.41, 5.74) is 2.67. The largest absolute Gasteiger partial charge is 0.489 e. The predicted octanol–water partition coefficient (Wildman–Crippen LogP) is 3.58.